The number of anilines is 1. The lowest BCUT2D eigenvalue weighted by atomic mass is 10.1. The largest absolute Gasteiger partial charge is 0.483 e. The summed E-state index contributed by atoms with van der Waals surface area (Å²) >= 11 is 0. The molecule has 2 N–H and O–H groups in total. The average molecular weight is 450 g/mol. The van der Waals surface area contributed by atoms with Gasteiger partial charge in [-0.15, -0.1) is 0 Å². The minimum Gasteiger partial charge on any atom is -0.483 e. The summed E-state index contributed by atoms with van der Waals surface area (Å²) in [5, 5.41) is 9.14. The molecule has 2 amide bonds. The fourth-order valence-electron chi connectivity index (χ4n) is 2.74. The topological polar surface area (TPSA) is 85.2 Å². The van der Waals surface area contributed by atoms with Crippen molar-refractivity contribution >= 4 is 17.5 Å². The molecule has 0 saturated carbocycles. The molecule has 0 radical (unpaired) electrons. The highest BCUT2D eigenvalue weighted by Crippen LogP contribution is 2.27. The molecule has 32 heavy (non-hydrogen) atoms. The molecule has 1 heterocycles. The van der Waals surface area contributed by atoms with Gasteiger partial charge in [-0.1, -0.05) is 12.1 Å². The number of carbonyl (C=O) groups excluding carboxylic acids is 2. The lowest BCUT2D eigenvalue weighted by Gasteiger charge is -2.10. The standard InChI is InChI=1S/C21H18F4N4O3/c1-3-29-9-15(18(28-29)21(31)26-2)27-20(30)12-6-4-11(5-7-12)10-32-19-16(24)13(22)8-14(23)17(19)25/h4-9H,3,10H2,1-2H3,(H,26,31)(H,27,30). The quantitative estimate of drug-likeness (QED) is 0.425. The Morgan fingerprint density at radius 1 is 1.03 bits per heavy atom. The van der Waals surface area contributed by atoms with Crippen molar-refractivity contribution in [3.8, 4) is 5.75 Å². The number of nitrogens with zero attached hydrogens (tertiary/aromatic N) is 2. The smallest absolute Gasteiger partial charge is 0.273 e. The number of nitrogens with one attached hydrogen (secondary N) is 2. The number of rotatable bonds is 7. The van der Waals surface area contributed by atoms with Crippen molar-refractivity contribution in [2.75, 3.05) is 12.4 Å². The molecule has 11 heteroatoms. The van der Waals surface area contributed by atoms with Gasteiger partial charge in [-0.05, 0) is 24.6 Å². The fourth-order valence-corrected chi connectivity index (χ4v) is 2.74. The van der Waals surface area contributed by atoms with E-state index in [2.05, 4.69) is 15.7 Å². The van der Waals surface area contributed by atoms with Gasteiger partial charge in [-0.25, -0.2) is 8.78 Å². The van der Waals surface area contributed by atoms with Gasteiger partial charge in [0.1, 0.15) is 6.61 Å². The summed E-state index contributed by atoms with van der Waals surface area (Å²) in [5.41, 5.74) is 0.881. The predicted octanol–water partition coefficient (Wildman–Crippen LogP) is 3.65. The van der Waals surface area contributed by atoms with Gasteiger partial charge in [0.25, 0.3) is 11.8 Å². The number of ether oxygens (including phenoxy) is 1. The van der Waals surface area contributed by atoms with Gasteiger partial charge in [0, 0.05) is 31.4 Å². The van der Waals surface area contributed by atoms with Crippen LogP contribution in [0.3, 0.4) is 0 Å². The van der Waals surface area contributed by atoms with Crippen LogP contribution in [0.5, 0.6) is 5.75 Å². The lowest BCUT2D eigenvalue weighted by molar-refractivity contribution is 0.0958. The summed E-state index contributed by atoms with van der Waals surface area (Å²) in [5.74, 6) is -8.59. The molecular formula is C21H18F4N4O3. The Morgan fingerprint density at radius 2 is 1.66 bits per heavy atom. The first kappa shape index (κ1) is 22.8. The van der Waals surface area contributed by atoms with Crippen molar-refractivity contribution in [2.45, 2.75) is 20.1 Å². The highest BCUT2D eigenvalue weighted by molar-refractivity contribution is 6.08. The van der Waals surface area contributed by atoms with Crippen molar-refractivity contribution in [1.82, 2.24) is 15.1 Å². The van der Waals surface area contributed by atoms with E-state index in [1.165, 1.54) is 42.2 Å². The van der Waals surface area contributed by atoms with E-state index < -0.39 is 47.4 Å². The Bertz CT molecular complexity index is 1140. The van der Waals surface area contributed by atoms with Gasteiger partial charge in [0.2, 0.25) is 11.6 Å². The van der Waals surface area contributed by atoms with E-state index in [-0.39, 0.29) is 23.0 Å². The van der Waals surface area contributed by atoms with E-state index in [9.17, 15) is 27.2 Å². The van der Waals surface area contributed by atoms with E-state index in [1.807, 2.05) is 6.92 Å². The molecule has 0 aliphatic heterocycles. The molecule has 2 aromatic carbocycles. The van der Waals surface area contributed by atoms with Gasteiger partial charge in [-0.2, -0.15) is 13.9 Å². The van der Waals surface area contributed by atoms with Gasteiger partial charge in [0.05, 0.1) is 5.69 Å². The lowest BCUT2D eigenvalue weighted by Crippen LogP contribution is -2.21. The van der Waals surface area contributed by atoms with Crippen molar-refractivity contribution in [3.63, 3.8) is 0 Å². The zero-order valence-corrected chi connectivity index (χ0v) is 17.0. The zero-order chi connectivity index (χ0) is 23.4. The van der Waals surface area contributed by atoms with E-state index in [4.69, 9.17) is 4.74 Å². The first-order chi connectivity index (χ1) is 15.2. The minimum atomic E-state index is -1.64. The third kappa shape index (κ3) is 4.71. The van der Waals surface area contributed by atoms with Crippen molar-refractivity contribution < 1.29 is 31.9 Å². The van der Waals surface area contributed by atoms with Crippen LogP contribution in [0.25, 0.3) is 0 Å². The normalized spacial score (nSPS) is 10.7. The van der Waals surface area contributed by atoms with Crippen LogP contribution >= 0.6 is 0 Å². The minimum absolute atomic E-state index is 0.0547. The number of hydrogen-bond acceptors (Lipinski definition) is 4. The van der Waals surface area contributed by atoms with Crippen molar-refractivity contribution in [3.05, 3.63) is 76.6 Å². The van der Waals surface area contributed by atoms with Crippen LogP contribution in [0, 0.1) is 23.3 Å². The molecule has 168 valence electrons. The zero-order valence-electron chi connectivity index (χ0n) is 17.0. The third-order valence-electron chi connectivity index (χ3n) is 4.45. The number of aromatic nitrogens is 2. The molecule has 3 aromatic rings. The molecule has 0 aliphatic rings. The molecule has 3 rings (SSSR count). The second-order valence-corrected chi connectivity index (χ2v) is 6.56. The Kier molecular flexibility index (Phi) is 6.76. The highest BCUT2D eigenvalue weighted by Gasteiger charge is 2.21. The van der Waals surface area contributed by atoms with Crippen LogP contribution in [0.2, 0.25) is 0 Å². The van der Waals surface area contributed by atoms with Gasteiger partial charge >= 0.3 is 0 Å². The Hall–Kier alpha value is -3.89. The summed E-state index contributed by atoms with van der Waals surface area (Å²) in [4.78, 5) is 24.5. The molecule has 0 fully saturated rings. The molecule has 0 spiro atoms. The van der Waals surface area contributed by atoms with Gasteiger partial charge in [-0.3, -0.25) is 14.3 Å². The van der Waals surface area contributed by atoms with Gasteiger partial charge < -0.3 is 15.4 Å². The first-order valence-electron chi connectivity index (χ1n) is 9.40. The number of hydrogen-bond donors (Lipinski definition) is 2. The maximum Gasteiger partial charge on any atom is 0.273 e. The van der Waals surface area contributed by atoms with Crippen LogP contribution in [-0.2, 0) is 13.2 Å². The van der Waals surface area contributed by atoms with Crippen LogP contribution in [0.15, 0.2) is 36.5 Å². The third-order valence-corrected chi connectivity index (χ3v) is 4.45. The maximum absolute atomic E-state index is 13.7. The first-order valence-corrected chi connectivity index (χ1v) is 9.40. The van der Waals surface area contributed by atoms with Crippen molar-refractivity contribution in [1.29, 1.82) is 0 Å². The summed E-state index contributed by atoms with van der Waals surface area (Å²) in [6.45, 7) is 1.91. The Morgan fingerprint density at radius 3 is 2.22 bits per heavy atom. The molecule has 0 unspecified atom stereocenters. The molecule has 0 bridgehead atoms. The monoisotopic (exact) mass is 450 g/mol. The summed E-state index contributed by atoms with van der Waals surface area (Å²) in [7, 11) is 1.44. The van der Waals surface area contributed by atoms with E-state index >= 15 is 0 Å². The molecule has 1 aromatic heterocycles. The average Bonchev–Trinajstić information content (AvgIpc) is 3.20. The highest BCUT2D eigenvalue weighted by atomic mass is 19.2. The maximum atomic E-state index is 13.7. The van der Waals surface area contributed by atoms with Crippen LogP contribution < -0.4 is 15.4 Å². The number of halogens is 4. The molecular weight excluding hydrogens is 432 g/mol. The second kappa shape index (κ2) is 9.50. The predicted molar refractivity (Wildman–Crippen MR) is 106 cm³/mol. The number of aryl methyl sites for hydroxylation is 1. The summed E-state index contributed by atoms with van der Waals surface area (Å²) in [6, 6.07) is 5.79. The van der Waals surface area contributed by atoms with E-state index in [0.29, 0.717) is 12.1 Å². The van der Waals surface area contributed by atoms with E-state index in [1.54, 1.807) is 0 Å². The molecule has 0 atom stereocenters. The van der Waals surface area contributed by atoms with E-state index in [0.717, 1.165) is 0 Å². The van der Waals surface area contributed by atoms with Crippen LogP contribution in [0.4, 0.5) is 23.2 Å². The molecule has 7 nitrogen and oxygen atoms in total. The number of benzene rings is 2. The Balaban J connectivity index is 1.71. The molecule has 0 aliphatic carbocycles. The SMILES string of the molecule is CCn1cc(NC(=O)c2ccc(COc3c(F)c(F)cc(F)c3F)cc2)c(C(=O)NC)n1. The van der Waals surface area contributed by atoms with Crippen molar-refractivity contribution in [2.24, 2.45) is 0 Å². The summed E-state index contributed by atoms with van der Waals surface area (Å²) in [6.07, 6.45) is 1.52. The second-order valence-electron chi connectivity index (χ2n) is 6.56. The number of carbonyl (C=O) groups is 2. The molecule has 0 saturated heterocycles. The number of amides is 2. The van der Waals surface area contributed by atoms with Gasteiger partial charge in [0.15, 0.2) is 23.1 Å². The fraction of sp³-hybridized carbons (Fsp3) is 0.190. The van der Waals surface area contributed by atoms with Crippen LogP contribution in [0.1, 0.15) is 33.3 Å². The van der Waals surface area contributed by atoms with Crippen LogP contribution in [-0.4, -0.2) is 28.6 Å². The summed E-state index contributed by atoms with van der Waals surface area (Å²) < 4.78 is 60.2. The Labute approximate surface area is 180 Å².